The fraction of sp³-hybridized carbons (Fsp3) is 0.688. The summed E-state index contributed by atoms with van der Waals surface area (Å²) in [6.45, 7) is 13.4. The maximum absolute atomic E-state index is 4.46. The van der Waals surface area contributed by atoms with Gasteiger partial charge in [-0.25, -0.2) is 0 Å². The quantitative estimate of drug-likeness (QED) is 0.906. The van der Waals surface area contributed by atoms with Crippen LogP contribution in [-0.2, 0) is 0 Å². The number of aryl methyl sites for hydroxylation is 1. The highest BCUT2D eigenvalue weighted by Gasteiger charge is 2.36. The van der Waals surface area contributed by atoms with E-state index in [0.717, 1.165) is 25.2 Å². The van der Waals surface area contributed by atoms with E-state index in [-0.39, 0.29) is 5.54 Å². The first-order valence-corrected chi connectivity index (χ1v) is 7.40. The lowest BCUT2D eigenvalue weighted by atomic mass is 9.89. The molecular formula is C16H27N3. The van der Waals surface area contributed by atoms with Crippen LogP contribution in [0, 0.1) is 12.8 Å². The van der Waals surface area contributed by atoms with E-state index in [1.165, 1.54) is 5.69 Å². The van der Waals surface area contributed by atoms with Crippen molar-refractivity contribution in [1.82, 2.24) is 10.3 Å². The molecule has 0 spiro atoms. The van der Waals surface area contributed by atoms with Gasteiger partial charge in [0.15, 0.2) is 0 Å². The zero-order valence-electron chi connectivity index (χ0n) is 12.9. The van der Waals surface area contributed by atoms with Crippen molar-refractivity contribution in [3.63, 3.8) is 0 Å². The minimum Gasteiger partial charge on any atom is -0.364 e. The highest BCUT2D eigenvalue weighted by molar-refractivity contribution is 5.52. The van der Waals surface area contributed by atoms with Crippen molar-refractivity contribution in [3.8, 4) is 0 Å². The zero-order chi connectivity index (χ0) is 14.0. The molecule has 0 bridgehead atoms. The molecule has 19 heavy (non-hydrogen) atoms. The Hall–Kier alpha value is -1.09. The minimum absolute atomic E-state index is 0.202. The van der Waals surface area contributed by atoms with Gasteiger partial charge in [0.05, 0.1) is 11.4 Å². The molecule has 1 fully saturated rings. The Morgan fingerprint density at radius 1 is 1.53 bits per heavy atom. The van der Waals surface area contributed by atoms with Gasteiger partial charge in [-0.15, -0.1) is 0 Å². The van der Waals surface area contributed by atoms with E-state index < -0.39 is 0 Å². The van der Waals surface area contributed by atoms with Crippen LogP contribution in [0.3, 0.4) is 0 Å². The smallest absolute Gasteiger partial charge is 0.0605 e. The third-order valence-electron chi connectivity index (χ3n) is 4.50. The Balaban J connectivity index is 2.33. The molecule has 0 aliphatic carbocycles. The highest BCUT2D eigenvalue weighted by atomic mass is 15.3. The van der Waals surface area contributed by atoms with E-state index in [1.54, 1.807) is 0 Å². The zero-order valence-corrected chi connectivity index (χ0v) is 12.9. The number of piperazine rings is 1. The Morgan fingerprint density at radius 2 is 2.26 bits per heavy atom. The summed E-state index contributed by atoms with van der Waals surface area (Å²) in [4.78, 5) is 7.02. The van der Waals surface area contributed by atoms with Crippen molar-refractivity contribution in [2.75, 3.05) is 18.0 Å². The molecule has 2 heterocycles. The van der Waals surface area contributed by atoms with Crippen LogP contribution < -0.4 is 10.2 Å². The lowest BCUT2D eigenvalue weighted by molar-refractivity contribution is 0.252. The first kappa shape index (κ1) is 14.3. The van der Waals surface area contributed by atoms with E-state index in [1.807, 2.05) is 12.3 Å². The first-order chi connectivity index (χ1) is 8.97. The van der Waals surface area contributed by atoms with Crippen LogP contribution in [0.2, 0.25) is 0 Å². The number of anilines is 1. The summed E-state index contributed by atoms with van der Waals surface area (Å²) in [5.41, 5.74) is 2.63. The van der Waals surface area contributed by atoms with Gasteiger partial charge in [-0.05, 0) is 38.3 Å². The van der Waals surface area contributed by atoms with E-state index in [0.29, 0.717) is 12.0 Å². The third kappa shape index (κ3) is 2.92. The molecule has 0 aromatic carbocycles. The Bertz CT molecular complexity index is 430. The Kier molecular flexibility index (Phi) is 4.14. The van der Waals surface area contributed by atoms with Crippen LogP contribution in [0.5, 0.6) is 0 Å². The number of aromatic nitrogens is 1. The standard InChI is InChI=1S/C16H27N3/c1-6-16(5)11-19(15(10-18-16)12(2)3)14-8-7-9-17-13(14)4/h7-9,12,15,18H,6,10-11H2,1-5H3. The third-order valence-corrected chi connectivity index (χ3v) is 4.50. The first-order valence-electron chi connectivity index (χ1n) is 7.40. The molecule has 1 aromatic rings. The maximum Gasteiger partial charge on any atom is 0.0605 e. The number of hydrogen-bond donors (Lipinski definition) is 1. The van der Waals surface area contributed by atoms with Gasteiger partial charge in [-0.2, -0.15) is 0 Å². The number of rotatable bonds is 3. The van der Waals surface area contributed by atoms with Crippen molar-refractivity contribution < 1.29 is 0 Å². The largest absolute Gasteiger partial charge is 0.364 e. The van der Waals surface area contributed by atoms with Crippen LogP contribution in [0.4, 0.5) is 5.69 Å². The van der Waals surface area contributed by atoms with Gasteiger partial charge < -0.3 is 10.2 Å². The average molecular weight is 261 g/mol. The molecule has 1 aromatic heterocycles. The summed E-state index contributed by atoms with van der Waals surface area (Å²) in [5.74, 6) is 0.633. The molecule has 0 amide bonds. The summed E-state index contributed by atoms with van der Waals surface area (Å²) in [5, 5.41) is 3.73. The predicted molar refractivity (Wildman–Crippen MR) is 81.6 cm³/mol. The lowest BCUT2D eigenvalue weighted by Gasteiger charge is -2.49. The van der Waals surface area contributed by atoms with Crippen molar-refractivity contribution in [3.05, 3.63) is 24.0 Å². The second-order valence-electron chi connectivity index (χ2n) is 6.34. The second-order valence-corrected chi connectivity index (χ2v) is 6.34. The van der Waals surface area contributed by atoms with Crippen molar-refractivity contribution >= 4 is 5.69 Å². The molecule has 1 saturated heterocycles. The molecule has 1 N–H and O–H groups in total. The van der Waals surface area contributed by atoms with E-state index in [9.17, 15) is 0 Å². The van der Waals surface area contributed by atoms with Crippen LogP contribution in [0.1, 0.15) is 39.8 Å². The van der Waals surface area contributed by atoms with Gasteiger partial charge in [0.25, 0.3) is 0 Å². The van der Waals surface area contributed by atoms with E-state index >= 15 is 0 Å². The summed E-state index contributed by atoms with van der Waals surface area (Å²) in [7, 11) is 0. The number of pyridine rings is 1. The van der Waals surface area contributed by atoms with Gasteiger partial charge in [0, 0.05) is 30.9 Å². The van der Waals surface area contributed by atoms with Gasteiger partial charge >= 0.3 is 0 Å². The topological polar surface area (TPSA) is 28.2 Å². The molecule has 106 valence electrons. The number of hydrogen-bond acceptors (Lipinski definition) is 3. The van der Waals surface area contributed by atoms with E-state index in [4.69, 9.17) is 0 Å². The van der Waals surface area contributed by atoms with Crippen LogP contribution in [0.25, 0.3) is 0 Å². The maximum atomic E-state index is 4.46. The van der Waals surface area contributed by atoms with Gasteiger partial charge in [-0.3, -0.25) is 4.98 Å². The van der Waals surface area contributed by atoms with Crippen LogP contribution in [0.15, 0.2) is 18.3 Å². The predicted octanol–water partition coefficient (Wildman–Crippen LogP) is 2.99. The fourth-order valence-corrected chi connectivity index (χ4v) is 2.89. The molecule has 0 saturated carbocycles. The second kappa shape index (κ2) is 5.49. The molecular weight excluding hydrogens is 234 g/mol. The molecule has 3 heteroatoms. The summed E-state index contributed by atoms with van der Waals surface area (Å²) in [6.07, 6.45) is 3.03. The average Bonchev–Trinajstić information content (AvgIpc) is 2.39. The molecule has 0 radical (unpaired) electrons. The monoisotopic (exact) mass is 261 g/mol. The number of nitrogens with zero attached hydrogens (tertiary/aromatic N) is 2. The Morgan fingerprint density at radius 3 is 2.84 bits per heavy atom. The van der Waals surface area contributed by atoms with E-state index in [2.05, 4.69) is 55.9 Å². The molecule has 1 aliphatic heterocycles. The van der Waals surface area contributed by atoms with Crippen molar-refractivity contribution in [2.24, 2.45) is 5.92 Å². The SMILES string of the molecule is CCC1(C)CN(c2cccnc2C)C(C(C)C)CN1. The lowest BCUT2D eigenvalue weighted by Crippen LogP contribution is -2.64. The Labute approximate surface area is 117 Å². The van der Waals surface area contributed by atoms with Crippen molar-refractivity contribution in [2.45, 2.75) is 52.6 Å². The normalized spacial score (nSPS) is 27.9. The molecule has 2 atom stereocenters. The van der Waals surface area contributed by atoms with Crippen LogP contribution in [-0.4, -0.2) is 29.7 Å². The molecule has 2 rings (SSSR count). The van der Waals surface area contributed by atoms with Gasteiger partial charge in [0.1, 0.15) is 0 Å². The summed E-state index contributed by atoms with van der Waals surface area (Å²) >= 11 is 0. The summed E-state index contributed by atoms with van der Waals surface area (Å²) < 4.78 is 0. The molecule has 3 nitrogen and oxygen atoms in total. The fourth-order valence-electron chi connectivity index (χ4n) is 2.89. The molecule has 2 unspecified atom stereocenters. The van der Waals surface area contributed by atoms with Gasteiger partial charge in [0.2, 0.25) is 0 Å². The van der Waals surface area contributed by atoms with Crippen molar-refractivity contribution in [1.29, 1.82) is 0 Å². The van der Waals surface area contributed by atoms with Crippen LogP contribution >= 0.6 is 0 Å². The number of nitrogens with one attached hydrogen (secondary N) is 1. The molecule has 1 aliphatic rings. The minimum atomic E-state index is 0.202. The van der Waals surface area contributed by atoms with Gasteiger partial charge in [-0.1, -0.05) is 20.8 Å². The highest BCUT2D eigenvalue weighted by Crippen LogP contribution is 2.29. The summed E-state index contributed by atoms with van der Waals surface area (Å²) in [6, 6.07) is 4.80.